The lowest BCUT2D eigenvalue weighted by Gasteiger charge is -2.19. The number of carbonyl (C=O) groups excluding carboxylic acids is 1. The first-order chi connectivity index (χ1) is 15.3. The van der Waals surface area contributed by atoms with Crippen LogP contribution in [-0.2, 0) is 4.79 Å². The van der Waals surface area contributed by atoms with Crippen molar-refractivity contribution in [2.24, 2.45) is 0 Å². The Balaban J connectivity index is 1.89. The van der Waals surface area contributed by atoms with Crippen LogP contribution in [0, 0.1) is 11.6 Å². The van der Waals surface area contributed by atoms with Gasteiger partial charge in [0.05, 0.1) is 18.9 Å². The van der Waals surface area contributed by atoms with E-state index in [2.05, 4.69) is 4.98 Å². The maximum atomic E-state index is 14.1. The van der Waals surface area contributed by atoms with Crippen LogP contribution in [0.4, 0.5) is 13.9 Å². The van der Waals surface area contributed by atoms with Crippen molar-refractivity contribution in [3.63, 3.8) is 0 Å². The number of amides is 1. The molecule has 0 fully saturated rings. The molecule has 0 aliphatic heterocycles. The fourth-order valence-electron chi connectivity index (χ4n) is 3.12. The summed E-state index contributed by atoms with van der Waals surface area (Å²) < 4.78 is 38.6. The van der Waals surface area contributed by atoms with E-state index >= 15 is 0 Å². The van der Waals surface area contributed by atoms with E-state index in [1.165, 1.54) is 24.2 Å². The first kappa shape index (κ1) is 23.6. The molecule has 0 saturated carbocycles. The molecule has 0 unspecified atom stereocenters. The van der Waals surface area contributed by atoms with E-state index in [1.807, 2.05) is 19.0 Å². The summed E-state index contributed by atoms with van der Waals surface area (Å²) >= 11 is 1.08. The zero-order valence-corrected chi connectivity index (χ0v) is 19.2. The summed E-state index contributed by atoms with van der Waals surface area (Å²) in [4.78, 5) is 20.8. The van der Waals surface area contributed by atoms with Crippen molar-refractivity contribution >= 4 is 38.7 Å². The number of rotatable bonds is 9. The molecule has 0 spiro atoms. The fraction of sp³-hybridized carbons (Fsp3) is 0.304. The van der Waals surface area contributed by atoms with Crippen molar-refractivity contribution in [2.75, 3.05) is 46.3 Å². The number of halogens is 2. The van der Waals surface area contributed by atoms with Crippen LogP contribution in [0.5, 0.6) is 11.5 Å². The number of carbonyl (C=O) groups is 1. The minimum atomic E-state index is -0.746. The first-order valence-electron chi connectivity index (χ1n) is 9.94. The Morgan fingerprint density at radius 3 is 2.53 bits per heavy atom. The van der Waals surface area contributed by atoms with E-state index in [9.17, 15) is 13.6 Å². The van der Waals surface area contributed by atoms with Gasteiger partial charge in [0.15, 0.2) is 22.4 Å². The monoisotopic (exact) mass is 461 g/mol. The summed E-state index contributed by atoms with van der Waals surface area (Å²) in [5.41, 5.74) is 0.808. The molecule has 0 atom stereocenters. The van der Waals surface area contributed by atoms with Gasteiger partial charge >= 0.3 is 0 Å². The third kappa shape index (κ3) is 5.60. The molecule has 3 rings (SSSR count). The molecule has 6 nitrogen and oxygen atoms in total. The highest BCUT2D eigenvalue weighted by Gasteiger charge is 2.20. The van der Waals surface area contributed by atoms with Gasteiger partial charge < -0.3 is 14.4 Å². The number of benzene rings is 2. The predicted molar refractivity (Wildman–Crippen MR) is 124 cm³/mol. The molecule has 170 valence electrons. The third-order valence-corrected chi connectivity index (χ3v) is 5.74. The molecule has 0 N–H and O–H groups in total. The Hall–Kier alpha value is -3.04. The minimum absolute atomic E-state index is 0.0562. The molecule has 1 heterocycles. The molecule has 0 aliphatic carbocycles. The van der Waals surface area contributed by atoms with Gasteiger partial charge in [-0.05, 0) is 56.9 Å². The van der Waals surface area contributed by atoms with Crippen molar-refractivity contribution in [1.82, 2.24) is 9.88 Å². The van der Waals surface area contributed by atoms with Crippen molar-refractivity contribution in [1.29, 1.82) is 0 Å². The SMILES string of the molecule is COc1ccc(C=CC(=O)N(CCCN(C)C)c2nc3c(F)cc(F)cc3s2)cc1OC. The number of aromatic nitrogens is 1. The molecule has 32 heavy (non-hydrogen) atoms. The number of thiazole rings is 1. The van der Waals surface area contributed by atoms with Crippen LogP contribution < -0.4 is 14.4 Å². The van der Waals surface area contributed by atoms with Crippen LogP contribution in [0.15, 0.2) is 36.4 Å². The van der Waals surface area contributed by atoms with Gasteiger partial charge in [-0.1, -0.05) is 17.4 Å². The summed E-state index contributed by atoms with van der Waals surface area (Å²) in [5, 5.41) is 0.324. The summed E-state index contributed by atoms with van der Waals surface area (Å²) in [5.74, 6) is -0.592. The molecular weight excluding hydrogens is 436 g/mol. The second-order valence-corrected chi connectivity index (χ2v) is 8.33. The molecular formula is C23H25F2N3O3S. The number of nitrogens with zero attached hydrogens (tertiary/aromatic N) is 3. The van der Waals surface area contributed by atoms with E-state index in [-0.39, 0.29) is 11.4 Å². The third-order valence-electron chi connectivity index (χ3n) is 4.71. The zero-order valence-electron chi connectivity index (χ0n) is 18.4. The van der Waals surface area contributed by atoms with E-state index in [4.69, 9.17) is 9.47 Å². The Morgan fingerprint density at radius 1 is 1.09 bits per heavy atom. The predicted octanol–water partition coefficient (Wildman–Crippen LogP) is 4.59. The Kier molecular flexibility index (Phi) is 7.76. The smallest absolute Gasteiger partial charge is 0.252 e. The van der Waals surface area contributed by atoms with Gasteiger partial charge in [-0.15, -0.1) is 0 Å². The van der Waals surface area contributed by atoms with Crippen LogP contribution in [-0.4, -0.2) is 57.2 Å². The molecule has 0 bridgehead atoms. The minimum Gasteiger partial charge on any atom is -0.493 e. The van der Waals surface area contributed by atoms with Gasteiger partial charge in [0.1, 0.15) is 11.3 Å². The second kappa shape index (κ2) is 10.5. The molecule has 1 aromatic heterocycles. The highest BCUT2D eigenvalue weighted by atomic mass is 32.1. The molecule has 9 heteroatoms. The summed E-state index contributed by atoms with van der Waals surface area (Å²) in [6, 6.07) is 7.33. The summed E-state index contributed by atoms with van der Waals surface area (Å²) in [6.45, 7) is 1.15. The standard InChI is InChI=1S/C23H25F2N3O3S/c1-27(2)10-5-11-28(23-26-22-17(25)13-16(24)14-20(22)32-23)21(29)9-7-15-6-8-18(30-3)19(12-15)31-4/h6-9,12-14H,5,10-11H2,1-4H3. The summed E-state index contributed by atoms with van der Waals surface area (Å²) in [6.07, 6.45) is 3.78. The van der Waals surface area contributed by atoms with Gasteiger partial charge in [-0.2, -0.15) is 0 Å². The maximum Gasteiger partial charge on any atom is 0.252 e. The number of ether oxygens (including phenoxy) is 2. The van der Waals surface area contributed by atoms with Crippen molar-refractivity contribution in [2.45, 2.75) is 6.42 Å². The van der Waals surface area contributed by atoms with E-state index < -0.39 is 11.6 Å². The van der Waals surface area contributed by atoms with E-state index in [0.717, 1.165) is 29.5 Å². The van der Waals surface area contributed by atoms with Crippen molar-refractivity contribution < 1.29 is 23.0 Å². The zero-order chi connectivity index (χ0) is 23.3. The summed E-state index contributed by atoms with van der Waals surface area (Å²) in [7, 11) is 6.98. The Morgan fingerprint density at radius 2 is 1.84 bits per heavy atom. The number of hydrogen-bond donors (Lipinski definition) is 0. The highest BCUT2D eigenvalue weighted by molar-refractivity contribution is 7.22. The lowest BCUT2D eigenvalue weighted by Crippen LogP contribution is -2.32. The van der Waals surface area contributed by atoms with Gasteiger partial charge in [-0.25, -0.2) is 13.8 Å². The van der Waals surface area contributed by atoms with Crippen LogP contribution in [0.3, 0.4) is 0 Å². The van der Waals surface area contributed by atoms with Gasteiger partial charge in [-0.3, -0.25) is 9.69 Å². The Bertz CT molecular complexity index is 1130. The molecule has 0 aliphatic rings. The Labute approximate surface area is 189 Å². The lowest BCUT2D eigenvalue weighted by molar-refractivity contribution is -0.114. The van der Waals surface area contributed by atoms with Gasteiger partial charge in [0, 0.05) is 18.7 Å². The second-order valence-electron chi connectivity index (χ2n) is 7.33. The number of fused-ring (bicyclic) bond motifs is 1. The van der Waals surface area contributed by atoms with Crippen LogP contribution in [0.1, 0.15) is 12.0 Å². The van der Waals surface area contributed by atoms with Crippen molar-refractivity contribution in [3.05, 3.63) is 53.6 Å². The first-order valence-corrected chi connectivity index (χ1v) is 10.8. The van der Waals surface area contributed by atoms with Crippen molar-refractivity contribution in [3.8, 4) is 11.5 Å². The molecule has 1 amide bonds. The van der Waals surface area contributed by atoms with Gasteiger partial charge in [0.25, 0.3) is 5.91 Å². The largest absolute Gasteiger partial charge is 0.493 e. The average molecular weight is 462 g/mol. The average Bonchev–Trinajstić information content (AvgIpc) is 3.18. The van der Waals surface area contributed by atoms with E-state index in [1.54, 1.807) is 31.4 Å². The molecule has 0 saturated heterocycles. The number of anilines is 1. The van der Waals surface area contributed by atoms with E-state index in [0.29, 0.717) is 34.3 Å². The quantitative estimate of drug-likeness (QED) is 0.437. The number of methoxy groups -OCH3 is 2. The van der Waals surface area contributed by atoms with Gasteiger partial charge in [0.2, 0.25) is 0 Å². The normalized spacial score (nSPS) is 11.5. The highest BCUT2D eigenvalue weighted by Crippen LogP contribution is 2.32. The number of hydrogen-bond acceptors (Lipinski definition) is 6. The molecule has 2 aromatic carbocycles. The fourth-order valence-corrected chi connectivity index (χ4v) is 4.16. The van der Waals surface area contributed by atoms with Crippen LogP contribution in [0.25, 0.3) is 16.3 Å². The topological polar surface area (TPSA) is 54.9 Å². The van der Waals surface area contributed by atoms with Crippen LogP contribution in [0.2, 0.25) is 0 Å². The van der Waals surface area contributed by atoms with Crippen LogP contribution >= 0.6 is 11.3 Å². The maximum absolute atomic E-state index is 14.1. The lowest BCUT2D eigenvalue weighted by atomic mass is 10.2. The molecule has 0 radical (unpaired) electrons. The molecule has 3 aromatic rings.